The summed E-state index contributed by atoms with van der Waals surface area (Å²) in [5, 5.41) is 12.0. The molecular weight excluding hydrogens is 515 g/mol. The highest BCUT2D eigenvalue weighted by Gasteiger charge is 2.16. The summed E-state index contributed by atoms with van der Waals surface area (Å²) in [6.07, 6.45) is 5.37. The lowest BCUT2D eigenvalue weighted by Crippen LogP contribution is -2.12. The number of anilines is 1. The first kappa shape index (κ1) is 24.6. The Labute approximate surface area is 234 Å². The van der Waals surface area contributed by atoms with Gasteiger partial charge in [-0.1, -0.05) is 30.3 Å². The van der Waals surface area contributed by atoms with Crippen LogP contribution in [-0.2, 0) is 13.1 Å². The largest absolute Gasteiger partial charge is 0.399 e. The van der Waals surface area contributed by atoms with E-state index in [-0.39, 0.29) is 0 Å². The Morgan fingerprint density at radius 3 is 2.56 bits per heavy atom. The molecule has 0 aliphatic heterocycles. The molecular formula is C32H25FN8. The maximum Gasteiger partial charge on any atom is 0.135 e. The molecule has 0 spiro atoms. The van der Waals surface area contributed by atoms with E-state index >= 15 is 0 Å². The van der Waals surface area contributed by atoms with E-state index in [2.05, 4.69) is 48.7 Å². The molecule has 0 amide bonds. The van der Waals surface area contributed by atoms with Gasteiger partial charge in [0.05, 0.1) is 22.6 Å². The van der Waals surface area contributed by atoms with Gasteiger partial charge in [0.2, 0.25) is 0 Å². The zero-order valence-corrected chi connectivity index (χ0v) is 21.9. The van der Waals surface area contributed by atoms with Crippen LogP contribution in [-0.4, -0.2) is 30.1 Å². The van der Waals surface area contributed by atoms with Crippen molar-refractivity contribution in [2.24, 2.45) is 0 Å². The lowest BCUT2D eigenvalue weighted by atomic mass is 10.1. The van der Waals surface area contributed by atoms with Crippen molar-refractivity contribution in [3.63, 3.8) is 0 Å². The molecule has 200 valence electrons. The molecule has 7 aromatic rings. The minimum Gasteiger partial charge on any atom is -0.399 e. The van der Waals surface area contributed by atoms with E-state index in [0.717, 1.165) is 51.0 Å². The van der Waals surface area contributed by atoms with E-state index in [1.807, 2.05) is 54.9 Å². The number of hydrogen-bond acceptors (Lipinski definition) is 6. The van der Waals surface area contributed by atoms with E-state index < -0.39 is 5.82 Å². The second-order valence-corrected chi connectivity index (χ2v) is 9.91. The number of H-pyrrole nitrogens is 2. The van der Waals surface area contributed by atoms with Crippen LogP contribution in [0.4, 0.5) is 10.1 Å². The van der Waals surface area contributed by atoms with Crippen LogP contribution < -0.4 is 11.1 Å². The summed E-state index contributed by atoms with van der Waals surface area (Å²) < 4.78 is 14.1. The zero-order chi connectivity index (χ0) is 27.8. The van der Waals surface area contributed by atoms with Gasteiger partial charge in [-0.2, -0.15) is 5.10 Å². The molecule has 0 saturated heterocycles. The molecule has 5 heterocycles. The second-order valence-electron chi connectivity index (χ2n) is 9.91. The summed E-state index contributed by atoms with van der Waals surface area (Å²) in [4.78, 5) is 17.4. The normalized spacial score (nSPS) is 11.4. The van der Waals surface area contributed by atoms with Crippen molar-refractivity contribution >= 4 is 27.6 Å². The van der Waals surface area contributed by atoms with E-state index in [1.165, 1.54) is 17.7 Å². The maximum absolute atomic E-state index is 14.1. The summed E-state index contributed by atoms with van der Waals surface area (Å²) in [5.41, 5.74) is 15.3. The number of aromatic amines is 2. The van der Waals surface area contributed by atoms with Crippen LogP contribution in [0.15, 0.2) is 97.5 Å². The Bertz CT molecular complexity index is 1990. The monoisotopic (exact) mass is 540 g/mol. The van der Waals surface area contributed by atoms with Crippen LogP contribution in [0.2, 0.25) is 0 Å². The molecule has 8 nitrogen and oxygen atoms in total. The number of nitrogens with one attached hydrogen (secondary N) is 3. The fourth-order valence-corrected chi connectivity index (χ4v) is 5.08. The Morgan fingerprint density at radius 1 is 0.805 bits per heavy atom. The predicted octanol–water partition coefficient (Wildman–Crippen LogP) is 6.24. The maximum atomic E-state index is 14.1. The average molecular weight is 541 g/mol. The summed E-state index contributed by atoms with van der Waals surface area (Å²) in [6, 6.07) is 24.6. The minimum absolute atomic E-state index is 0.343. The molecule has 0 aliphatic rings. The lowest BCUT2D eigenvalue weighted by molar-refractivity contribution is 0.629. The van der Waals surface area contributed by atoms with E-state index in [9.17, 15) is 4.39 Å². The molecule has 0 saturated carbocycles. The number of hydrogen-bond donors (Lipinski definition) is 4. The molecule has 5 N–H and O–H groups in total. The van der Waals surface area contributed by atoms with Crippen molar-refractivity contribution in [2.45, 2.75) is 13.1 Å². The van der Waals surface area contributed by atoms with Crippen LogP contribution in [0, 0.1) is 5.82 Å². The van der Waals surface area contributed by atoms with E-state index in [4.69, 9.17) is 10.7 Å². The number of nitrogens with zero attached hydrogens (tertiary/aromatic N) is 4. The van der Waals surface area contributed by atoms with Crippen LogP contribution in [0.3, 0.4) is 0 Å². The molecule has 0 radical (unpaired) electrons. The van der Waals surface area contributed by atoms with Crippen molar-refractivity contribution in [2.75, 3.05) is 5.73 Å². The summed E-state index contributed by atoms with van der Waals surface area (Å²) in [6.45, 7) is 1.47. The minimum atomic E-state index is -0.407. The number of halogens is 1. The first-order valence-electron chi connectivity index (χ1n) is 13.2. The molecule has 0 aliphatic carbocycles. The van der Waals surface area contributed by atoms with Crippen LogP contribution >= 0.6 is 0 Å². The number of aromatic nitrogens is 6. The van der Waals surface area contributed by atoms with Gasteiger partial charge >= 0.3 is 0 Å². The van der Waals surface area contributed by atoms with Gasteiger partial charge in [0, 0.05) is 59.4 Å². The van der Waals surface area contributed by atoms with Crippen molar-refractivity contribution in [1.29, 1.82) is 0 Å². The number of rotatable bonds is 7. The number of fused-ring (bicyclic) bond motifs is 2. The summed E-state index contributed by atoms with van der Waals surface area (Å²) in [7, 11) is 0. The third-order valence-corrected chi connectivity index (χ3v) is 7.00. The van der Waals surface area contributed by atoms with Crippen LogP contribution in [0.1, 0.15) is 11.1 Å². The molecule has 9 heteroatoms. The SMILES string of the molecule is Nc1cc(F)cc(-c2nccc3[nH]c(-c4n[nH]c5ccc(-c6cncc(CNCc7ccccc7)c6)nc45)cc23)c1. The quantitative estimate of drug-likeness (QED) is 0.178. The van der Waals surface area contributed by atoms with E-state index in [1.54, 1.807) is 12.3 Å². The molecule has 41 heavy (non-hydrogen) atoms. The Morgan fingerprint density at radius 2 is 1.68 bits per heavy atom. The van der Waals surface area contributed by atoms with Gasteiger partial charge in [-0.25, -0.2) is 9.37 Å². The van der Waals surface area contributed by atoms with Gasteiger partial charge < -0.3 is 16.0 Å². The topological polar surface area (TPSA) is 121 Å². The third-order valence-electron chi connectivity index (χ3n) is 7.00. The highest BCUT2D eigenvalue weighted by atomic mass is 19.1. The first-order valence-corrected chi connectivity index (χ1v) is 13.2. The van der Waals surface area contributed by atoms with Gasteiger partial charge in [0.1, 0.15) is 17.0 Å². The summed E-state index contributed by atoms with van der Waals surface area (Å²) >= 11 is 0. The molecule has 5 aromatic heterocycles. The number of benzene rings is 2. The highest BCUT2D eigenvalue weighted by Crippen LogP contribution is 2.34. The third kappa shape index (κ3) is 4.90. The van der Waals surface area contributed by atoms with Gasteiger partial charge in [0.15, 0.2) is 0 Å². The van der Waals surface area contributed by atoms with Crippen molar-refractivity contribution in [1.82, 2.24) is 35.5 Å². The van der Waals surface area contributed by atoms with Gasteiger partial charge in [-0.15, -0.1) is 0 Å². The Hall–Kier alpha value is -5.41. The number of pyridine rings is 3. The van der Waals surface area contributed by atoms with Crippen LogP contribution in [0.5, 0.6) is 0 Å². The molecule has 0 fully saturated rings. The molecule has 7 rings (SSSR count). The Kier molecular flexibility index (Phi) is 6.18. The van der Waals surface area contributed by atoms with Gasteiger partial charge in [-0.3, -0.25) is 15.1 Å². The molecule has 0 atom stereocenters. The number of nitrogen functional groups attached to an aromatic ring is 1. The van der Waals surface area contributed by atoms with E-state index in [0.29, 0.717) is 29.2 Å². The van der Waals surface area contributed by atoms with Crippen molar-refractivity contribution < 1.29 is 4.39 Å². The van der Waals surface area contributed by atoms with Gasteiger partial charge in [0.25, 0.3) is 0 Å². The van der Waals surface area contributed by atoms with Crippen molar-refractivity contribution in [3.8, 4) is 33.9 Å². The van der Waals surface area contributed by atoms with Gasteiger partial charge in [-0.05, 0) is 59.7 Å². The fourth-order valence-electron chi connectivity index (χ4n) is 5.08. The fraction of sp³-hybridized carbons (Fsp3) is 0.0625. The van der Waals surface area contributed by atoms with Crippen molar-refractivity contribution in [3.05, 3.63) is 114 Å². The summed E-state index contributed by atoms with van der Waals surface area (Å²) in [5.74, 6) is -0.407. The highest BCUT2D eigenvalue weighted by molar-refractivity contribution is 5.99. The van der Waals surface area contributed by atoms with Crippen LogP contribution in [0.25, 0.3) is 55.8 Å². The molecule has 2 aromatic carbocycles. The standard InChI is InChI=1S/C32H25FN8/c33-23-11-21(12-24(34)13-23)30-25-14-29(38-27(25)8-9-37-30)32-31-28(40-41-32)7-6-26(39-31)22-10-20(17-36-18-22)16-35-15-19-4-2-1-3-5-19/h1-14,17-18,35,38H,15-16,34H2,(H,40,41). The second kappa shape index (κ2) is 10.3. The lowest BCUT2D eigenvalue weighted by Gasteiger charge is -2.07. The zero-order valence-electron chi connectivity index (χ0n) is 21.9. The first-order chi connectivity index (χ1) is 20.1. The predicted molar refractivity (Wildman–Crippen MR) is 159 cm³/mol. The average Bonchev–Trinajstić information content (AvgIpc) is 3.61. The molecule has 0 bridgehead atoms. The smallest absolute Gasteiger partial charge is 0.135 e. The number of nitrogens with two attached hydrogens (primary N) is 1. The molecule has 0 unspecified atom stereocenters. The Balaban J connectivity index is 1.21.